The summed E-state index contributed by atoms with van der Waals surface area (Å²) in [5.41, 5.74) is 0.891. The first-order chi connectivity index (χ1) is 13.3. The van der Waals surface area contributed by atoms with Crippen molar-refractivity contribution in [3.8, 4) is 0 Å². The summed E-state index contributed by atoms with van der Waals surface area (Å²) in [4.78, 5) is 12.6. The molecule has 2 aromatic rings. The number of nitrogens with zero attached hydrogens (tertiary/aromatic N) is 1. The molecule has 0 radical (unpaired) electrons. The van der Waals surface area contributed by atoms with Crippen molar-refractivity contribution in [2.75, 3.05) is 13.1 Å². The number of hydrogen-bond acceptors (Lipinski definition) is 3. The fourth-order valence-electron chi connectivity index (χ4n) is 3.26. The average Bonchev–Trinajstić information content (AvgIpc) is 2.68. The predicted molar refractivity (Wildman–Crippen MR) is 106 cm³/mol. The van der Waals surface area contributed by atoms with Gasteiger partial charge in [0.25, 0.3) is 5.91 Å². The van der Waals surface area contributed by atoms with Crippen LogP contribution in [0.5, 0.6) is 0 Å². The van der Waals surface area contributed by atoms with Crippen molar-refractivity contribution in [1.29, 1.82) is 0 Å². The Labute approximate surface area is 169 Å². The van der Waals surface area contributed by atoms with Gasteiger partial charge in [0.2, 0.25) is 10.0 Å². The first-order valence-corrected chi connectivity index (χ1v) is 11.0. The molecular formula is C20H22ClFN2O3S. The van der Waals surface area contributed by atoms with E-state index in [0.29, 0.717) is 12.8 Å². The van der Waals surface area contributed by atoms with Crippen molar-refractivity contribution in [3.05, 3.63) is 64.4 Å². The zero-order valence-electron chi connectivity index (χ0n) is 15.5. The zero-order valence-corrected chi connectivity index (χ0v) is 17.1. The first kappa shape index (κ1) is 20.8. The first-order valence-electron chi connectivity index (χ1n) is 9.17. The van der Waals surface area contributed by atoms with Gasteiger partial charge in [0.05, 0.1) is 15.5 Å². The van der Waals surface area contributed by atoms with Crippen LogP contribution in [0.4, 0.5) is 4.39 Å². The van der Waals surface area contributed by atoms with Gasteiger partial charge in [-0.1, -0.05) is 36.7 Å². The second kappa shape index (κ2) is 8.59. The van der Waals surface area contributed by atoms with E-state index in [0.717, 1.165) is 12.0 Å². The van der Waals surface area contributed by atoms with Crippen LogP contribution in [0, 0.1) is 5.82 Å². The molecular weight excluding hydrogens is 403 g/mol. The fraction of sp³-hybridized carbons (Fsp3) is 0.350. The van der Waals surface area contributed by atoms with Crippen LogP contribution in [-0.4, -0.2) is 37.8 Å². The number of carbonyl (C=O) groups is 1. The summed E-state index contributed by atoms with van der Waals surface area (Å²) >= 11 is 5.93. The lowest BCUT2D eigenvalue weighted by Gasteiger charge is -2.31. The number of hydrogen-bond donors (Lipinski definition) is 1. The number of sulfonamides is 1. The third-order valence-corrected chi connectivity index (χ3v) is 7.18. The molecule has 1 aliphatic heterocycles. The van der Waals surface area contributed by atoms with Gasteiger partial charge in [-0.15, -0.1) is 0 Å². The molecule has 1 N–H and O–H groups in total. The molecule has 0 aromatic heterocycles. The minimum atomic E-state index is -3.56. The Bertz CT molecular complexity index is 936. The molecule has 0 spiro atoms. The highest BCUT2D eigenvalue weighted by atomic mass is 35.5. The Morgan fingerprint density at radius 1 is 1.18 bits per heavy atom. The van der Waals surface area contributed by atoms with E-state index < -0.39 is 21.7 Å². The molecule has 0 bridgehead atoms. The van der Waals surface area contributed by atoms with Crippen molar-refractivity contribution in [3.63, 3.8) is 0 Å². The Kier molecular flexibility index (Phi) is 6.37. The van der Waals surface area contributed by atoms with Gasteiger partial charge in [0.1, 0.15) is 5.82 Å². The fourth-order valence-corrected chi connectivity index (χ4v) is 4.98. The SMILES string of the molecule is CCc1ccc(S(=O)(=O)N2CCC(NC(=O)c3c(F)cccc3Cl)CC2)cc1. The number of piperidine rings is 1. The molecule has 1 fully saturated rings. The summed E-state index contributed by atoms with van der Waals surface area (Å²) in [6.07, 6.45) is 1.74. The standard InChI is InChI=1S/C20H22ClFN2O3S/c1-2-14-6-8-16(9-7-14)28(26,27)24-12-10-15(11-13-24)23-20(25)19-17(21)4-3-5-18(19)22/h3-9,15H,2,10-13H2,1H3,(H,23,25). The van der Waals surface area contributed by atoms with E-state index in [1.54, 1.807) is 12.1 Å². The maximum atomic E-state index is 13.9. The van der Waals surface area contributed by atoms with E-state index in [-0.39, 0.29) is 34.6 Å². The number of benzene rings is 2. The molecule has 150 valence electrons. The van der Waals surface area contributed by atoms with Gasteiger partial charge in [-0.05, 0) is 49.1 Å². The lowest BCUT2D eigenvalue weighted by Crippen LogP contribution is -2.46. The van der Waals surface area contributed by atoms with E-state index in [1.165, 1.54) is 22.5 Å². The van der Waals surface area contributed by atoms with Gasteiger partial charge in [-0.2, -0.15) is 4.31 Å². The van der Waals surface area contributed by atoms with Crippen LogP contribution in [0.2, 0.25) is 5.02 Å². The molecule has 0 unspecified atom stereocenters. The number of carbonyl (C=O) groups excluding carboxylic acids is 1. The largest absolute Gasteiger partial charge is 0.349 e. The van der Waals surface area contributed by atoms with Gasteiger partial charge in [0, 0.05) is 19.1 Å². The molecule has 1 aliphatic rings. The lowest BCUT2D eigenvalue weighted by atomic mass is 10.1. The number of nitrogens with one attached hydrogen (secondary N) is 1. The van der Waals surface area contributed by atoms with Crippen LogP contribution in [0.1, 0.15) is 35.7 Å². The van der Waals surface area contributed by atoms with Crippen LogP contribution < -0.4 is 5.32 Å². The lowest BCUT2D eigenvalue weighted by molar-refractivity contribution is 0.0920. The van der Waals surface area contributed by atoms with Crippen LogP contribution >= 0.6 is 11.6 Å². The minimum Gasteiger partial charge on any atom is -0.349 e. The number of amides is 1. The maximum absolute atomic E-state index is 13.9. The molecule has 0 saturated carbocycles. The van der Waals surface area contributed by atoms with Crippen LogP contribution in [0.25, 0.3) is 0 Å². The predicted octanol–water partition coefficient (Wildman–Crippen LogP) is 3.62. The van der Waals surface area contributed by atoms with Crippen LogP contribution in [0.3, 0.4) is 0 Å². The minimum absolute atomic E-state index is 0.0491. The van der Waals surface area contributed by atoms with Gasteiger partial charge in [-0.3, -0.25) is 4.79 Å². The third-order valence-electron chi connectivity index (χ3n) is 4.95. The van der Waals surface area contributed by atoms with Crippen molar-refractivity contribution in [2.24, 2.45) is 0 Å². The monoisotopic (exact) mass is 424 g/mol. The molecule has 1 heterocycles. The number of halogens is 2. The van der Waals surface area contributed by atoms with Gasteiger partial charge in [-0.25, -0.2) is 12.8 Å². The van der Waals surface area contributed by atoms with Gasteiger partial charge >= 0.3 is 0 Å². The van der Waals surface area contributed by atoms with Crippen LogP contribution in [-0.2, 0) is 16.4 Å². The third kappa shape index (κ3) is 4.37. The molecule has 1 amide bonds. The highest BCUT2D eigenvalue weighted by Crippen LogP contribution is 2.23. The van der Waals surface area contributed by atoms with Gasteiger partial charge in [0.15, 0.2) is 0 Å². The second-order valence-corrected chi connectivity index (χ2v) is 9.09. The van der Waals surface area contributed by atoms with Crippen LogP contribution in [0.15, 0.2) is 47.4 Å². The topological polar surface area (TPSA) is 66.5 Å². The second-order valence-electron chi connectivity index (χ2n) is 6.75. The summed E-state index contributed by atoms with van der Waals surface area (Å²) in [6.45, 7) is 2.58. The Morgan fingerprint density at radius 3 is 2.39 bits per heavy atom. The van der Waals surface area contributed by atoms with E-state index in [4.69, 9.17) is 11.6 Å². The maximum Gasteiger partial charge on any atom is 0.255 e. The summed E-state index contributed by atoms with van der Waals surface area (Å²) in [5.74, 6) is -1.26. The molecule has 3 rings (SSSR count). The molecule has 0 aliphatic carbocycles. The zero-order chi connectivity index (χ0) is 20.3. The highest BCUT2D eigenvalue weighted by molar-refractivity contribution is 7.89. The van der Waals surface area contributed by atoms with Crippen molar-refractivity contribution in [1.82, 2.24) is 9.62 Å². The summed E-state index contributed by atoms with van der Waals surface area (Å²) in [6, 6.07) is 10.7. The summed E-state index contributed by atoms with van der Waals surface area (Å²) in [5, 5.41) is 2.81. The van der Waals surface area contributed by atoms with E-state index in [1.807, 2.05) is 19.1 Å². The molecule has 5 nitrogen and oxygen atoms in total. The smallest absolute Gasteiger partial charge is 0.255 e. The Morgan fingerprint density at radius 2 is 1.82 bits per heavy atom. The van der Waals surface area contributed by atoms with Crippen molar-refractivity contribution < 1.29 is 17.6 Å². The van der Waals surface area contributed by atoms with Gasteiger partial charge < -0.3 is 5.32 Å². The molecule has 8 heteroatoms. The highest BCUT2D eigenvalue weighted by Gasteiger charge is 2.30. The molecule has 28 heavy (non-hydrogen) atoms. The number of aryl methyl sites for hydroxylation is 1. The summed E-state index contributed by atoms with van der Waals surface area (Å²) in [7, 11) is -3.56. The average molecular weight is 425 g/mol. The number of rotatable bonds is 5. The van der Waals surface area contributed by atoms with E-state index in [2.05, 4.69) is 5.32 Å². The molecule has 0 atom stereocenters. The molecule has 2 aromatic carbocycles. The van der Waals surface area contributed by atoms with Crippen molar-refractivity contribution >= 4 is 27.5 Å². The normalized spacial score (nSPS) is 16.1. The van der Waals surface area contributed by atoms with E-state index >= 15 is 0 Å². The quantitative estimate of drug-likeness (QED) is 0.797. The molecule has 1 saturated heterocycles. The Balaban J connectivity index is 1.63. The Hall–Kier alpha value is -1.96. The van der Waals surface area contributed by atoms with Crippen molar-refractivity contribution in [2.45, 2.75) is 37.1 Å². The summed E-state index contributed by atoms with van der Waals surface area (Å²) < 4.78 is 40.9. The van der Waals surface area contributed by atoms with E-state index in [9.17, 15) is 17.6 Å².